The quantitative estimate of drug-likeness (QED) is 0.190. The average Bonchev–Trinajstić information content (AvgIpc) is 3.61. The zero-order valence-electron chi connectivity index (χ0n) is 24.8. The summed E-state index contributed by atoms with van der Waals surface area (Å²) >= 11 is 0. The lowest BCUT2D eigenvalue weighted by Gasteiger charge is -2.16. The smallest absolute Gasteiger partial charge is 0.0714 e. The molecule has 2 nitrogen and oxygen atoms in total. The zero-order valence-corrected chi connectivity index (χ0v) is 24.8. The summed E-state index contributed by atoms with van der Waals surface area (Å²) in [5, 5.41) is 20.5. The fourth-order valence-electron chi connectivity index (χ4n) is 8.47. The average molecular weight is 581 g/mol. The Kier molecular flexibility index (Phi) is 4.61. The van der Waals surface area contributed by atoms with Crippen molar-refractivity contribution in [3.63, 3.8) is 0 Å². The van der Waals surface area contributed by atoms with E-state index >= 15 is 0 Å². The highest BCUT2D eigenvalue weighted by Crippen LogP contribution is 2.52. The first-order valence-electron chi connectivity index (χ1n) is 15.8. The minimum absolute atomic E-state index is 0.991. The van der Waals surface area contributed by atoms with E-state index in [2.05, 4.69) is 126 Å². The topological polar surface area (TPSA) is 25.8 Å². The van der Waals surface area contributed by atoms with Crippen LogP contribution in [0.3, 0.4) is 0 Å². The highest BCUT2D eigenvalue weighted by molar-refractivity contribution is 6.42. The molecule has 0 fully saturated rings. The molecule has 2 heterocycles. The number of nitrogens with zero attached hydrogens (tertiary/aromatic N) is 2. The Balaban J connectivity index is 1.48. The van der Waals surface area contributed by atoms with Crippen LogP contribution < -0.4 is 0 Å². The van der Waals surface area contributed by atoms with Crippen molar-refractivity contribution in [3.05, 3.63) is 146 Å². The largest absolute Gasteiger partial charge is 0.264 e. The van der Waals surface area contributed by atoms with Gasteiger partial charge >= 0.3 is 0 Å². The molecule has 0 aliphatic rings. The van der Waals surface area contributed by atoms with Crippen LogP contribution in [-0.2, 0) is 0 Å². The summed E-state index contributed by atoms with van der Waals surface area (Å²) in [7, 11) is 0. The Morgan fingerprint density at radius 2 is 1.00 bits per heavy atom. The highest BCUT2D eigenvalue weighted by Gasteiger charge is 2.25. The summed E-state index contributed by atoms with van der Waals surface area (Å²) < 4.78 is 0. The van der Waals surface area contributed by atoms with Crippen LogP contribution >= 0.6 is 0 Å². The summed E-state index contributed by atoms with van der Waals surface area (Å²) in [6, 6.07) is 46.8. The van der Waals surface area contributed by atoms with E-state index in [1.807, 2.05) is 24.7 Å². The van der Waals surface area contributed by atoms with E-state index in [1.165, 1.54) is 97.3 Å². The summed E-state index contributed by atoms with van der Waals surface area (Å²) in [5.74, 6) is 0. The van der Waals surface area contributed by atoms with Gasteiger partial charge in [0.2, 0.25) is 0 Å². The van der Waals surface area contributed by atoms with Crippen LogP contribution in [0.1, 0.15) is 0 Å². The molecule has 9 aromatic carbocycles. The van der Waals surface area contributed by atoms with E-state index in [1.54, 1.807) is 0 Å². The van der Waals surface area contributed by atoms with Crippen LogP contribution in [0.4, 0.5) is 0 Å². The molecule has 0 aliphatic carbocycles. The predicted molar refractivity (Wildman–Crippen MR) is 195 cm³/mol. The highest BCUT2D eigenvalue weighted by atomic mass is 14.7. The Hall–Kier alpha value is -6.12. The maximum Gasteiger partial charge on any atom is 0.0714 e. The predicted octanol–water partition coefficient (Wildman–Crippen LogP) is 11.9. The van der Waals surface area contributed by atoms with Crippen molar-refractivity contribution in [1.82, 2.24) is 9.97 Å². The molecule has 0 aliphatic heterocycles. The van der Waals surface area contributed by atoms with Gasteiger partial charge in [0.1, 0.15) is 0 Å². The Morgan fingerprint density at radius 1 is 0.348 bits per heavy atom. The van der Waals surface area contributed by atoms with E-state index in [0.29, 0.717) is 0 Å². The van der Waals surface area contributed by atoms with Gasteiger partial charge in [0.05, 0.1) is 5.69 Å². The molecule has 0 saturated heterocycles. The monoisotopic (exact) mass is 580 g/mol. The van der Waals surface area contributed by atoms with Crippen molar-refractivity contribution in [2.24, 2.45) is 0 Å². The Morgan fingerprint density at radius 3 is 1.78 bits per heavy atom. The standard InChI is InChI=1S/C44H24N2/c1-2-13-28-26(9-1)21-37-41-29(28)15-7-16-31(41)34-23-36-35(40(43(34)37)27-12-8-19-45-24-27)22-33-30-14-5-10-25-11-6-17-32(39(25)30)42(33)44(36)38-18-3-4-20-46-38/h1-24H. The molecule has 2 heteroatoms. The molecule has 0 atom stereocenters. The lowest BCUT2D eigenvalue weighted by atomic mass is 9.88. The SMILES string of the molecule is c1ccc(-c2c3cc4c5cccc6c7ccccc7cc(c4c(-c4cccnc4)c3cc3c4cccc7cccc(c23)c74)c65)nc1. The lowest BCUT2D eigenvalue weighted by molar-refractivity contribution is 1.33. The summed E-state index contributed by atoms with van der Waals surface area (Å²) in [4.78, 5) is 9.65. The first-order chi connectivity index (χ1) is 22.8. The van der Waals surface area contributed by atoms with Crippen LogP contribution in [0.15, 0.2) is 146 Å². The minimum atomic E-state index is 0.991. The third-order valence-corrected chi connectivity index (χ3v) is 10.2. The maximum absolute atomic E-state index is 5.00. The van der Waals surface area contributed by atoms with Gasteiger partial charge in [-0.25, -0.2) is 0 Å². The Bertz CT molecular complexity index is 2990. The normalized spacial score (nSPS) is 12.3. The number of hydrogen-bond donors (Lipinski definition) is 0. The van der Waals surface area contributed by atoms with E-state index in [4.69, 9.17) is 4.98 Å². The van der Waals surface area contributed by atoms with Gasteiger partial charge in [-0.3, -0.25) is 9.97 Å². The molecule has 0 radical (unpaired) electrons. The second-order valence-electron chi connectivity index (χ2n) is 12.5. The zero-order chi connectivity index (χ0) is 29.9. The molecule has 210 valence electrons. The molecule has 0 bridgehead atoms. The van der Waals surface area contributed by atoms with E-state index in [9.17, 15) is 0 Å². The molecule has 46 heavy (non-hydrogen) atoms. The molecule has 0 N–H and O–H groups in total. The molecule has 0 unspecified atom stereocenters. The van der Waals surface area contributed by atoms with E-state index in [-0.39, 0.29) is 0 Å². The number of rotatable bonds is 2. The van der Waals surface area contributed by atoms with Gasteiger partial charge in [0, 0.05) is 35.1 Å². The molecule has 0 spiro atoms. The summed E-state index contributed by atoms with van der Waals surface area (Å²) in [6.07, 6.45) is 5.81. The molecular formula is C44H24N2. The molecule has 2 aromatic heterocycles. The maximum atomic E-state index is 5.00. The number of hydrogen-bond acceptors (Lipinski definition) is 2. The van der Waals surface area contributed by atoms with Gasteiger partial charge in [-0.2, -0.15) is 0 Å². The second-order valence-corrected chi connectivity index (χ2v) is 12.5. The fourth-order valence-corrected chi connectivity index (χ4v) is 8.47. The van der Waals surface area contributed by atoms with Gasteiger partial charge in [-0.15, -0.1) is 0 Å². The van der Waals surface area contributed by atoms with Crippen LogP contribution in [0.5, 0.6) is 0 Å². The van der Waals surface area contributed by atoms with Crippen molar-refractivity contribution >= 4 is 86.2 Å². The van der Waals surface area contributed by atoms with Crippen LogP contribution in [0, 0.1) is 0 Å². The second kappa shape index (κ2) is 8.74. The van der Waals surface area contributed by atoms with Gasteiger partial charge in [0.25, 0.3) is 0 Å². The van der Waals surface area contributed by atoms with Crippen molar-refractivity contribution in [2.45, 2.75) is 0 Å². The van der Waals surface area contributed by atoms with Crippen molar-refractivity contribution in [2.75, 3.05) is 0 Å². The van der Waals surface area contributed by atoms with Gasteiger partial charge in [-0.1, -0.05) is 91.0 Å². The number of fused-ring (bicyclic) bond motifs is 9. The van der Waals surface area contributed by atoms with Crippen molar-refractivity contribution in [1.29, 1.82) is 0 Å². The molecular weight excluding hydrogens is 556 g/mol. The van der Waals surface area contributed by atoms with Crippen molar-refractivity contribution < 1.29 is 0 Å². The van der Waals surface area contributed by atoms with Gasteiger partial charge in [-0.05, 0) is 123 Å². The van der Waals surface area contributed by atoms with Crippen molar-refractivity contribution in [3.8, 4) is 22.4 Å². The van der Waals surface area contributed by atoms with Gasteiger partial charge in [0.15, 0.2) is 0 Å². The molecule has 11 aromatic rings. The first-order valence-corrected chi connectivity index (χ1v) is 15.8. The molecule has 0 saturated carbocycles. The molecule has 11 rings (SSSR count). The van der Waals surface area contributed by atoms with Crippen LogP contribution in [-0.4, -0.2) is 9.97 Å². The third-order valence-electron chi connectivity index (χ3n) is 10.2. The summed E-state index contributed by atoms with van der Waals surface area (Å²) in [5.41, 5.74) is 4.54. The van der Waals surface area contributed by atoms with E-state index < -0.39 is 0 Å². The van der Waals surface area contributed by atoms with E-state index in [0.717, 1.165) is 11.3 Å². The lowest BCUT2D eigenvalue weighted by Crippen LogP contribution is -1.90. The number of aromatic nitrogens is 2. The molecule has 0 amide bonds. The van der Waals surface area contributed by atoms with Crippen LogP contribution in [0.25, 0.3) is 109 Å². The third kappa shape index (κ3) is 3.01. The van der Waals surface area contributed by atoms with Crippen LogP contribution in [0.2, 0.25) is 0 Å². The minimum Gasteiger partial charge on any atom is -0.264 e. The Labute approximate surface area is 263 Å². The first kappa shape index (κ1) is 24.2. The number of pyridine rings is 2. The fraction of sp³-hybridized carbons (Fsp3) is 0. The summed E-state index contributed by atoms with van der Waals surface area (Å²) in [6.45, 7) is 0. The number of benzene rings is 7. The van der Waals surface area contributed by atoms with Gasteiger partial charge < -0.3 is 0 Å².